The topological polar surface area (TPSA) is 62.6 Å². The minimum absolute atomic E-state index is 0. The van der Waals surface area contributed by atoms with Gasteiger partial charge in [0.2, 0.25) is 10.0 Å². The zero-order valence-corrected chi connectivity index (χ0v) is 14.8. The van der Waals surface area contributed by atoms with Gasteiger partial charge in [0, 0.05) is 11.6 Å². The third-order valence-corrected chi connectivity index (χ3v) is 4.84. The Balaban J connectivity index is 0.00000264. The molecule has 0 radical (unpaired) electrons. The van der Waals surface area contributed by atoms with E-state index in [0.717, 1.165) is 12.1 Å². The van der Waals surface area contributed by atoms with Crippen LogP contribution in [-0.2, 0) is 10.0 Å². The molecule has 0 fully saturated rings. The summed E-state index contributed by atoms with van der Waals surface area (Å²) in [7, 11) is -0.387. The highest BCUT2D eigenvalue weighted by Gasteiger charge is 2.23. The average Bonchev–Trinajstić information content (AvgIpc) is 2.91. The number of nitrogens with one attached hydrogen (secondary N) is 1. The maximum atomic E-state index is 13.8. The number of rotatable bonds is 6. The van der Waals surface area contributed by atoms with E-state index in [0.29, 0.717) is 5.76 Å². The molecule has 1 N–H and O–H groups in total. The van der Waals surface area contributed by atoms with Crippen molar-refractivity contribution in [1.29, 1.82) is 0 Å². The van der Waals surface area contributed by atoms with Gasteiger partial charge in [-0.25, -0.2) is 17.5 Å². The van der Waals surface area contributed by atoms with Crippen molar-refractivity contribution >= 4 is 21.6 Å². The second-order valence-corrected chi connectivity index (χ2v) is 7.09. The molecule has 0 bridgehead atoms. The molecular weight excluding hydrogens is 366 g/mol. The third kappa shape index (κ3) is 4.92. The fourth-order valence-corrected chi connectivity index (χ4v) is 3.23. The van der Waals surface area contributed by atoms with Crippen molar-refractivity contribution in [3.63, 3.8) is 0 Å². The summed E-state index contributed by atoms with van der Waals surface area (Å²) in [5, 5.41) is 0.137. The van der Waals surface area contributed by atoms with Crippen LogP contribution in [0.2, 0.25) is 5.02 Å². The van der Waals surface area contributed by atoms with E-state index >= 15 is 0 Å². The summed E-state index contributed by atoms with van der Waals surface area (Å²) in [6, 6.07) is 6.60. The van der Waals surface area contributed by atoms with Crippen molar-refractivity contribution in [3.05, 3.63) is 53.2 Å². The van der Waals surface area contributed by atoms with Gasteiger partial charge in [-0.15, -0.1) is 0 Å². The molecule has 1 aromatic carbocycles. The molecule has 5 nitrogen and oxygen atoms in total. The van der Waals surface area contributed by atoms with Crippen LogP contribution < -0.4 is 17.1 Å². The first-order valence-corrected chi connectivity index (χ1v) is 8.32. The molecule has 23 heavy (non-hydrogen) atoms. The second kappa shape index (κ2) is 8.12. The van der Waals surface area contributed by atoms with E-state index in [1.165, 1.54) is 12.3 Å². The Hall–Kier alpha value is -1.12. The monoisotopic (exact) mass is 381 g/mol. The standard InChI is InChI=1S/C14H16ClFN2O3S.ClH/c1-18(2)12(13-4-3-7-21-13)9-17-22(19,20)14-6-5-10(15)8-11(14)16;/h3-8,12,17H,9H2,1-2H3;1H/p-1. The summed E-state index contributed by atoms with van der Waals surface area (Å²) < 4.78 is 45.9. The molecule has 128 valence electrons. The highest BCUT2D eigenvalue weighted by atomic mass is 35.5. The molecule has 0 amide bonds. The summed E-state index contributed by atoms with van der Waals surface area (Å²) in [4.78, 5) is 1.37. The smallest absolute Gasteiger partial charge is 0.243 e. The Bertz CT molecular complexity index is 736. The van der Waals surface area contributed by atoms with Gasteiger partial charge in [0.15, 0.2) is 0 Å². The van der Waals surface area contributed by atoms with Gasteiger partial charge in [0.25, 0.3) is 0 Å². The lowest BCUT2D eigenvalue weighted by atomic mass is 10.2. The molecule has 0 spiro atoms. The minimum Gasteiger partial charge on any atom is -1.00 e. The molecule has 0 saturated heterocycles. The minimum atomic E-state index is -3.98. The Labute approximate surface area is 145 Å². The van der Waals surface area contributed by atoms with Crippen LogP contribution in [0.25, 0.3) is 0 Å². The quantitative estimate of drug-likeness (QED) is 0.743. The van der Waals surface area contributed by atoms with Crippen molar-refractivity contribution in [2.24, 2.45) is 0 Å². The number of likely N-dealkylation sites (N-methyl/N-ethyl adjacent to an activating group) is 1. The van der Waals surface area contributed by atoms with E-state index in [1.807, 2.05) is 0 Å². The molecule has 1 heterocycles. The van der Waals surface area contributed by atoms with Crippen LogP contribution in [0.15, 0.2) is 45.9 Å². The molecule has 0 aliphatic heterocycles. The molecule has 1 aromatic heterocycles. The van der Waals surface area contributed by atoms with Gasteiger partial charge in [-0.2, -0.15) is 0 Å². The van der Waals surface area contributed by atoms with Crippen LogP contribution in [0.3, 0.4) is 0 Å². The molecular formula is C14H16Cl2FN2O3S-. The van der Waals surface area contributed by atoms with E-state index < -0.39 is 20.7 Å². The van der Waals surface area contributed by atoms with Crippen molar-refractivity contribution in [3.8, 4) is 0 Å². The number of benzene rings is 1. The van der Waals surface area contributed by atoms with Crippen LogP contribution in [0.4, 0.5) is 4.39 Å². The van der Waals surface area contributed by atoms with Gasteiger partial charge < -0.3 is 16.8 Å². The number of furan rings is 1. The fraction of sp³-hybridized carbons (Fsp3) is 0.286. The third-order valence-electron chi connectivity index (χ3n) is 3.15. The number of hydrogen-bond acceptors (Lipinski definition) is 4. The molecule has 0 aliphatic rings. The predicted molar refractivity (Wildman–Crippen MR) is 81.7 cm³/mol. The summed E-state index contributed by atoms with van der Waals surface area (Å²) in [6.07, 6.45) is 1.51. The van der Waals surface area contributed by atoms with Crippen LogP contribution in [0.1, 0.15) is 11.8 Å². The molecule has 1 unspecified atom stereocenters. The summed E-state index contributed by atoms with van der Waals surface area (Å²) in [5.41, 5.74) is 0. The fourth-order valence-electron chi connectivity index (χ4n) is 1.98. The molecule has 9 heteroatoms. The van der Waals surface area contributed by atoms with Gasteiger partial charge >= 0.3 is 0 Å². The van der Waals surface area contributed by atoms with E-state index in [-0.39, 0.29) is 30.0 Å². The number of hydrogen-bond donors (Lipinski definition) is 1. The SMILES string of the molecule is CN(C)C(CNS(=O)(=O)c1ccc(Cl)cc1F)c1ccco1.[Cl-]. The average molecular weight is 382 g/mol. The van der Waals surface area contributed by atoms with Crippen LogP contribution in [0.5, 0.6) is 0 Å². The first kappa shape index (κ1) is 19.9. The first-order valence-electron chi connectivity index (χ1n) is 6.46. The Morgan fingerprint density at radius 2 is 2.04 bits per heavy atom. The largest absolute Gasteiger partial charge is 1.00 e. The maximum absolute atomic E-state index is 13.8. The Kier molecular flexibility index (Phi) is 7.03. The highest BCUT2D eigenvalue weighted by Crippen LogP contribution is 2.21. The van der Waals surface area contributed by atoms with Gasteiger partial charge in [0.05, 0.1) is 12.3 Å². The lowest BCUT2D eigenvalue weighted by Crippen LogP contribution is -3.00. The Morgan fingerprint density at radius 1 is 1.35 bits per heavy atom. The number of halogens is 3. The van der Waals surface area contributed by atoms with Crippen molar-refractivity contribution in [2.45, 2.75) is 10.9 Å². The Morgan fingerprint density at radius 3 is 2.57 bits per heavy atom. The van der Waals surface area contributed by atoms with Gasteiger partial charge in [-0.05, 0) is 44.4 Å². The van der Waals surface area contributed by atoms with E-state index in [9.17, 15) is 12.8 Å². The van der Waals surface area contributed by atoms with Gasteiger partial charge in [-0.3, -0.25) is 4.90 Å². The molecule has 0 aliphatic carbocycles. The van der Waals surface area contributed by atoms with Gasteiger partial charge in [0.1, 0.15) is 16.5 Å². The molecule has 1 atom stereocenters. The maximum Gasteiger partial charge on any atom is 0.243 e. The van der Waals surface area contributed by atoms with Crippen molar-refractivity contribution in [2.75, 3.05) is 20.6 Å². The predicted octanol–water partition coefficient (Wildman–Crippen LogP) is -0.343. The summed E-state index contributed by atoms with van der Waals surface area (Å²) in [5.74, 6) is -0.274. The number of nitrogens with zero attached hydrogens (tertiary/aromatic N) is 1. The van der Waals surface area contributed by atoms with E-state index in [2.05, 4.69) is 4.72 Å². The summed E-state index contributed by atoms with van der Waals surface area (Å²) >= 11 is 5.63. The normalized spacial score (nSPS) is 12.9. The zero-order valence-electron chi connectivity index (χ0n) is 12.5. The lowest BCUT2D eigenvalue weighted by molar-refractivity contribution is -0.00000839. The molecule has 2 aromatic rings. The zero-order chi connectivity index (χ0) is 16.3. The molecule has 2 rings (SSSR count). The van der Waals surface area contributed by atoms with E-state index in [1.54, 1.807) is 31.1 Å². The van der Waals surface area contributed by atoms with Crippen LogP contribution in [-0.4, -0.2) is 34.0 Å². The highest BCUT2D eigenvalue weighted by molar-refractivity contribution is 7.89. The number of sulfonamides is 1. The van der Waals surface area contributed by atoms with Crippen molar-refractivity contribution < 1.29 is 29.6 Å². The van der Waals surface area contributed by atoms with Crippen LogP contribution >= 0.6 is 11.6 Å². The summed E-state index contributed by atoms with van der Waals surface area (Å²) in [6.45, 7) is 0.0465. The second-order valence-electron chi connectivity index (χ2n) is 4.92. The van der Waals surface area contributed by atoms with Gasteiger partial charge in [-0.1, -0.05) is 11.6 Å². The van der Waals surface area contributed by atoms with E-state index in [4.69, 9.17) is 16.0 Å². The van der Waals surface area contributed by atoms with Crippen molar-refractivity contribution in [1.82, 2.24) is 9.62 Å². The molecule has 0 saturated carbocycles. The first-order chi connectivity index (χ1) is 10.3. The van der Waals surface area contributed by atoms with Crippen LogP contribution in [0, 0.1) is 5.82 Å². The lowest BCUT2D eigenvalue weighted by Gasteiger charge is -2.22.